The SMILES string of the molecule is CCc1cc(/C=C/c2cc(C)cc(C)c2)cc2c1C[C@]1(C)CC[C@@H](C)C(C)(C)C1C2. The summed E-state index contributed by atoms with van der Waals surface area (Å²) in [6.07, 6.45) is 11.0. The predicted molar refractivity (Wildman–Crippen MR) is 132 cm³/mol. The molecule has 0 amide bonds. The molecule has 0 aromatic heterocycles. The lowest BCUT2D eigenvalue weighted by Crippen LogP contribution is -2.50. The summed E-state index contributed by atoms with van der Waals surface area (Å²) in [6, 6.07) is 11.8. The average Bonchev–Trinajstić information content (AvgIpc) is 2.68. The summed E-state index contributed by atoms with van der Waals surface area (Å²) in [7, 11) is 0. The maximum Gasteiger partial charge on any atom is -0.0216 e. The topological polar surface area (TPSA) is 0 Å². The summed E-state index contributed by atoms with van der Waals surface area (Å²) < 4.78 is 0. The van der Waals surface area contributed by atoms with Crippen LogP contribution in [-0.4, -0.2) is 0 Å². The van der Waals surface area contributed by atoms with Gasteiger partial charge < -0.3 is 0 Å². The van der Waals surface area contributed by atoms with Gasteiger partial charge in [0, 0.05) is 0 Å². The van der Waals surface area contributed by atoms with Crippen LogP contribution < -0.4 is 0 Å². The predicted octanol–water partition coefficient (Wildman–Crippen LogP) is 8.21. The average molecular weight is 401 g/mol. The molecule has 2 aromatic carbocycles. The van der Waals surface area contributed by atoms with Crippen LogP contribution in [0.3, 0.4) is 0 Å². The molecule has 2 aliphatic carbocycles. The number of rotatable bonds is 3. The third-order valence-electron chi connectivity index (χ3n) is 8.71. The molecule has 2 aliphatic rings. The zero-order chi connectivity index (χ0) is 21.7. The summed E-state index contributed by atoms with van der Waals surface area (Å²) >= 11 is 0. The van der Waals surface area contributed by atoms with Crippen LogP contribution in [-0.2, 0) is 19.3 Å². The molecule has 0 nitrogen and oxygen atoms in total. The molecule has 160 valence electrons. The zero-order valence-electron chi connectivity index (χ0n) is 20.2. The minimum atomic E-state index is 0.419. The lowest BCUT2D eigenvalue weighted by atomic mass is 9.48. The highest BCUT2D eigenvalue weighted by atomic mass is 14.6. The third-order valence-corrected chi connectivity index (χ3v) is 8.71. The Labute approximate surface area is 184 Å². The van der Waals surface area contributed by atoms with Crippen LogP contribution in [0.25, 0.3) is 12.2 Å². The van der Waals surface area contributed by atoms with Gasteiger partial charge in [0.15, 0.2) is 0 Å². The lowest BCUT2D eigenvalue weighted by Gasteiger charge is -2.57. The van der Waals surface area contributed by atoms with Crippen molar-refractivity contribution in [2.75, 3.05) is 0 Å². The number of hydrogen-bond donors (Lipinski definition) is 0. The standard InChI is InChI=1S/C30H40/c1-8-25-16-24(10-9-23-14-20(2)13-21(3)15-23)17-26-18-28-29(5,6)22(4)11-12-30(28,7)19-27(25)26/h9-10,13-17,22,28H,8,11-12,18-19H2,1-7H3/b10-9+/t22-,28?,30+/m1/s1. The second-order valence-electron chi connectivity index (χ2n) is 11.3. The minimum Gasteiger partial charge on any atom is -0.0620 e. The number of hydrogen-bond acceptors (Lipinski definition) is 0. The monoisotopic (exact) mass is 400 g/mol. The van der Waals surface area contributed by atoms with Crippen molar-refractivity contribution in [1.29, 1.82) is 0 Å². The van der Waals surface area contributed by atoms with Crippen LogP contribution in [0.5, 0.6) is 0 Å². The van der Waals surface area contributed by atoms with E-state index in [1.54, 1.807) is 16.7 Å². The number of fused-ring (bicyclic) bond motifs is 2. The van der Waals surface area contributed by atoms with Crippen LogP contribution >= 0.6 is 0 Å². The van der Waals surface area contributed by atoms with Crippen LogP contribution in [0.1, 0.15) is 86.4 Å². The number of aryl methyl sites for hydroxylation is 3. The highest BCUT2D eigenvalue weighted by Crippen LogP contribution is 2.58. The Balaban J connectivity index is 1.71. The van der Waals surface area contributed by atoms with Crippen molar-refractivity contribution >= 4 is 12.2 Å². The quantitative estimate of drug-likeness (QED) is 0.455. The van der Waals surface area contributed by atoms with Crippen molar-refractivity contribution in [1.82, 2.24) is 0 Å². The molecule has 2 aromatic rings. The van der Waals surface area contributed by atoms with Gasteiger partial charge in [0.05, 0.1) is 0 Å². The molecule has 1 fully saturated rings. The van der Waals surface area contributed by atoms with Gasteiger partial charge >= 0.3 is 0 Å². The minimum absolute atomic E-state index is 0.419. The van der Waals surface area contributed by atoms with Crippen molar-refractivity contribution in [2.45, 2.75) is 80.6 Å². The maximum atomic E-state index is 2.58. The Hall–Kier alpha value is -1.82. The van der Waals surface area contributed by atoms with E-state index in [0.29, 0.717) is 10.8 Å². The van der Waals surface area contributed by atoms with Crippen LogP contribution in [0.2, 0.25) is 0 Å². The zero-order valence-corrected chi connectivity index (χ0v) is 20.2. The molecule has 0 saturated heterocycles. The van der Waals surface area contributed by atoms with E-state index in [4.69, 9.17) is 0 Å². The molecule has 0 spiro atoms. The lowest BCUT2D eigenvalue weighted by molar-refractivity contribution is -0.0447. The molecule has 0 heterocycles. The van der Waals surface area contributed by atoms with E-state index in [9.17, 15) is 0 Å². The molecular formula is C30H40. The Morgan fingerprint density at radius 3 is 2.20 bits per heavy atom. The first-order valence-corrected chi connectivity index (χ1v) is 12.0. The Kier molecular flexibility index (Phi) is 5.50. The van der Waals surface area contributed by atoms with Crippen LogP contribution in [0, 0.1) is 36.5 Å². The number of benzene rings is 2. The summed E-state index contributed by atoms with van der Waals surface area (Å²) in [5.74, 6) is 1.60. The van der Waals surface area contributed by atoms with Crippen molar-refractivity contribution in [3.63, 3.8) is 0 Å². The van der Waals surface area contributed by atoms with Gasteiger partial charge in [-0.05, 0) is 96.4 Å². The van der Waals surface area contributed by atoms with E-state index >= 15 is 0 Å². The van der Waals surface area contributed by atoms with Gasteiger partial charge in [-0.1, -0.05) is 88.2 Å². The normalized spacial score (nSPS) is 27.7. The summed E-state index contributed by atoms with van der Waals surface area (Å²) in [4.78, 5) is 0. The van der Waals surface area contributed by atoms with E-state index in [1.165, 1.54) is 47.9 Å². The summed E-state index contributed by atoms with van der Waals surface area (Å²) in [5, 5.41) is 0. The van der Waals surface area contributed by atoms with Gasteiger partial charge in [-0.3, -0.25) is 0 Å². The highest BCUT2D eigenvalue weighted by Gasteiger charge is 2.51. The third kappa shape index (κ3) is 3.79. The Bertz CT molecular complexity index is 954. The van der Waals surface area contributed by atoms with Crippen molar-refractivity contribution in [3.8, 4) is 0 Å². The van der Waals surface area contributed by atoms with Gasteiger partial charge in [-0.15, -0.1) is 0 Å². The molecule has 0 bridgehead atoms. The first-order chi connectivity index (χ1) is 14.1. The summed E-state index contributed by atoms with van der Waals surface area (Å²) in [5.41, 5.74) is 11.1. The summed E-state index contributed by atoms with van der Waals surface area (Å²) in [6.45, 7) is 16.8. The fourth-order valence-electron chi connectivity index (χ4n) is 6.62. The van der Waals surface area contributed by atoms with Crippen LogP contribution in [0.4, 0.5) is 0 Å². The fourth-order valence-corrected chi connectivity index (χ4v) is 6.62. The van der Waals surface area contributed by atoms with E-state index < -0.39 is 0 Å². The molecule has 30 heavy (non-hydrogen) atoms. The maximum absolute atomic E-state index is 2.58. The molecule has 3 atom stereocenters. The molecule has 1 saturated carbocycles. The van der Waals surface area contributed by atoms with Gasteiger partial charge in [-0.25, -0.2) is 0 Å². The Morgan fingerprint density at radius 2 is 1.57 bits per heavy atom. The van der Waals surface area contributed by atoms with Crippen molar-refractivity contribution < 1.29 is 0 Å². The highest BCUT2D eigenvalue weighted by molar-refractivity contribution is 5.71. The van der Waals surface area contributed by atoms with Crippen LogP contribution in [0.15, 0.2) is 30.3 Å². The van der Waals surface area contributed by atoms with Gasteiger partial charge in [0.2, 0.25) is 0 Å². The first kappa shape index (κ1) is 21.4. The van der Waals surface area contributed by atoms with Crippen molar-refractivity contribution in [2.24, 2.45) is 22.7 Å². The van der Waals surface area contributed by atoms with E-state index in [1.807, 2.05) is 0 Å². The Morgan fingerprint density at radius 1 is 0.933 bits per heavy atom. The molecule has 4 rings (SSSR count). The second kappa shape index (κ2) is 7.70. The van der Waals surface area contributed by atoms with Gasteiger partial charge in [0.1, 0.15) is 0 Å². The fraction of sp³-hybridized carbons (Fsp3) is 0.533. The largest absolute Gasteiger partial charge is 0.0620 e. The van der Waals surface area contributed by atoms with Crippen molar-refractivity contribution in [3.05, 3.63) is 69.3 Å². The molecular weight excluding hydrogens is 360 g/mol. The molecule has 0 heteroatoms. The first-order valence-electron chi connectivity index (χ1n) is 12.0. The molecule has 0 aliphatic heterocycles. The smallest absolute Gasteiger partial charge is 0.0216 e. The van der Waals surface area contributed by atoms with E-state index in [2.05, 4.69) is 91.0 Å². The van der Waals surface area contributed by atoms with E-state index in [0.717, 1.165) is 18.3 Å². The second-order valence-corrected chi connectivity index (χ2v) is 11.3. The molecule has 0 N–H and O–H groups in total. The molecule has 1 unspecified atom stereocenters. The van der Waals surface area contributed by atoms with E-state index in [-0.39, 0.29) is 0 Å². The molecule has 0 radical (unpaired) electrons. The van der Waals surface area contributed by atoms with Gasteiger partial charge in [-0.2, -0.15) is 0 Å². The van der Waals surface area contributed by atoms with Gasteiger partial charge in [0.25, 0.3) is 0 Å².